The van der Waals surface area contributed by atoms with Gasteiger partial charge in [0.05, 0.1) is 0 Å². The molecule has 0 atom stereocenters. The summed E-state index contributed by atoms with van der Waals surface area (Å²) in [5.41, 5.74) is 14.8. The Hall–Kier alpha value is -7.02. The highest BCUT2D eigenvalue weighted by Gasteiger charge is 2.18. The van der Waals surface area contributed by atoms with Crippen molar-refractivity contribution >= 4 is 32.3 Å². The van der Waals surface area contributed by atoms with E-state index in [-0.39, 0.29) is 0 Å². The zero-order valence-electron chi connectivity index (χ0n) is 29.8. The van der Waals surface area contributed by atoms with Gasteiger partial charge >= 0.3 is 0 Å². The average Bonchev–Trinajstić information content (AvgIpc) is 3.26. The first kappa shape index (κ1) is 31.7. The van der Waals surface area contributed by atoms with Gasteiger partial charge in [0, 0.05) is 0 Å². The lowest BCUT2D eigenvalue weighted by molar-refractivity contribution is 1.57. The van der Waals surface area contributed by atoms with Crippen molar-refractivity contribution in [2.24, 2.45) is 0 Å². The van der Waals surface area contributed by atoms with E-state index in [0.717, 1.165) is 0 Å². The van der Waals surface area contributed by atoms with Gasteiger partial charge in [-0.15, -0.1) is 0 Å². The van der Waals surface area contributed by atoms with Gasteiger partial charge in [-0.2, -0.15) is 0 Å². The molecular formula is C54H36. The lowest BCUT2D eigenvalue weighted by Gasteiger charge is -2.19. The van der Waals surface area contributed by atoms with E-state index < -0.39 is 0 Å². The third-order valence-corrected chi connectivity index (χ3v) is 10.9. The first-order valence-electron chi connectivity index (χ1n) is 18.7. The quantitative estimate of drug-likeness (QED) is 0.153. The van der Waals surface area contributed by atoms with Crippen molar-refractivity contribution in [3.05, 3.63) is 218 Å². The van der Waals surface area contributed by atoms with Gasteiger partial charge in [0.25, 0.3) is 0 Å². The van der Waals surface area contributed by atoms with Gasteiger partial charge in [0.2, 0.25) is 0 Å². The molecule has 0 aliphatic carbocycles. The number of hydrogen-bond donors (Lipinski definition) is 0. The van der Waals surface area contributed by atoms with E-state index in [0.29, 0.717) is 0 Å². The lowest BCUT2D eigenvalue weighted by Crippen LogP contribution is -1.92. The van der Waals surface area contributed by atoms with E-state index in [2.05, 4.69) is 218 Å². The van der Waals surface area contributed by atoms with E-state index in [1.807, 2.05) is 0 Å². The standard InChI is InChI=1S/C54H36/c1-4-17-37(18-5-1)43-25-10-11-26-44(43)40-23-16-24-41(35-40)46-34-33-45(38-19-6-2-7-20-38)47-32-31-42(36-52(46)47)54-50-29-14-12-27-48(50)53(39-21-8-3-9-22-39)49-28-13-15-30-51(49)54/h1-36H. The minimum Gasteiger partial charge on any atom is -0.0622 e. The fourth-order valence-corrected chi connectivity index (χ4v) is 8.44. The Morgan fingerprint density at radius 3 is 1.11 bits per heavy atom. The SMILES string of the molecule is c1ccc(-c2ccccc2-c2cccc(-c3ccc(-c4ccccc4)c4ccc(-c5c6ccccc6c(-c6ccccc6)c6ccccc56)cc34)c2)cc1. The Bertz CT molecular complexity index is 2900. The monoisotopic (exact) mass is 684 g/mol. The second kappa shape index (κ2) is 13.5. The maximum Gasteiger partial charge on any atom is -0.00261 e. The predicted molar refractivity (Wildman–Crippen MR) is 232 cm³/mol. The Kier molecular flexibility index (Phi) is 7.93. The van der Waals surface area contributed by atoms with Crippen LogP contribution in [-0.4, -0.2) is 0 Å². The summed E-state index contributed by atoms with van der Waals surface area (Å²) >= 11 is 0. The molecular weight excluding hydrogens is 649 g/mol. The zero-order valence-corrected chi connectivity index (χ0v) is 29.8. The minimum atomic E-state index is 1.20. The molecule has 252 valence electrons. The molecule has 0 spiro atoms. The first-order valence-corrected chi connectivity index (χ1v) is 18.7. The molecule has 54 heavy (non-hydrogen) atoms. The summed E-state index contributed by atoms with van der Waals surface area (Å²) < 4.78 is 0. The highest BCUT2D eigenvalue weighted by Crippen LogP contribution is 2.46. The van der Waals surface area contributed by atoms with Crippen molar-refractivity contribution in [3.63, 3.8) is 0 Å². The Morgan fingerprint density at radius 2 is 0.556 bits per heavy atom. The van der Waals surface area contributed by atoms with Gasteiger partial charge in [0.15, 0.2) is 0 Å². The summed E-state index contributed by atoms with van der Waals surface area (Å²) in [6.07, 6.45) is 0. The largest absolute Gasteiger partial charge is 0.0622 e. The van der Waals surface area contributed by atoms with Crippen LogP contribution in [0.4, 0.5) is 0 Å². The summed E-state index contributed by atoms with van der Waals surface area (Å²) in [5.74, 6) is 0. The number of hydrogen-bond acceptors (Lipinski definition) is 0. The normalized spacial score (nSPS) is 11.3. The van der Waals surface area contributed by atoms with Gasteiger partial charge < -0.3 is 0 Å². The highest BCUT2D eigenvalue weighted by atomic mass is 14.2. The molecule has 0 aromatic heterocycles. The van der Waals surface area contributed by atoms with E-state index in [1.165, 1.54) is 99.1 Å². The highest BCUT2D eigenvalue weighted by molar-refractivity contribution is 6.22. The van der Waals surface area contributed by atoms with Gasteiger partial charge in [-0.3, -0.25) is 0 Å². The molecule has 0 bridgehead atoms. The van der Waals surface area contributed by atoms with E-state index in [4.69, 9.17) is 0 Å². The average molecular weight is 685 g/mol. The van der Waals surface area contributed by atoms with E-state index in [1.54, 1.807) is 0 Å². The van der Waals surface area contributed by atoms with Crippen molar-refractivity contribution in [2.75, 3.05) is 0 Å². The van der Waals surface area contributed by atoms with Gasteiger partial charge in [-0.1, -0.05) is 206 Å². The van der Waals surface area contributed by atoms with Crippen LogP contribution in [0.3, 0.4) is 0 Å². The number of rotatable bonds is 6. The first-order chi connectivity index (χ1) is 26.8. The lowest BCUT2D eigenvalue weighted by atomic mass is 9.84. The minimum absolute atomic E-state index is 1.20. The molecule has 0 heteroatoms. The van der Waals surface area contributed by atoms with Crippen molar-refractivity contribution in [2.45, 2.75) is 0 Å². The summed E-state index contributed by atoms with van der Waals surface area (Å²) in [4.78, 5) is 0. The maximum absolute atomic E-state index is 2.44. The molecule has 0 nitrogen and oxygen atoms in total. The third-order valence-electron chi connectivity index (χ3n) is 10.9. The fourth-order valence-electron chi connectivity index (χ4n) is 8.44. The molecule has 0 unspecified atom stereocenters. The van der Waals surface area contributed by atoms with Crippen LogP contribution in [0.25, 0.3) is 99.1 Å². The molecule has 0 saturated carbocycles. The molecule has 0 saturated heterocycles. The van der Waals surface area contributed by atoms with Crippen LogP contribution in [0.1, 0.15) is 0 Å². The summed E-state index contributed by atoms with van der Waals surface area (Å²) in [5, 5.41) is 7.53. The van der Waals surface area contributed by atoms with E-state index >= 15 is 0 Å². The summed E-state index contributed by atoms with van der Waals surface area (Å²) in [7, 11) is 0. The topological polar surface area (TPSA) is 0 Å². The van der Waals surface area contributed by atoms with Crippen LogP contribution in [0, 0.1) is 0 Å². The molecule has 10 rings (SSSR count). The van der Waals surface area contributed by atoms with Crippen LogP contribution in [-0.2, 0) is 0 Å². The Labute approximate surface area is 316 Å². The predicted octanol–water partition coefficient (Wildman–Crippen LogP) is 15.1. The second-order valence-electron chi connectivity index (χ2n) is 14.0. The molecule has 0 radical (unpaired) electrons. The molecule has 10 aromatic carbocycles. The Morgan fingerprint density at radius 1 is 0.167 bits per heavy atom. The zero-order chi connectivity index (χ0) is 35.8. The third kappa shape index (κ3) is 5.48. The Balaban J connectivity index is 1.23. The maximum atomic E-state index is 2.44. The van der Waals surface area contributed by atoms with Crippen LogP contribution < -0.4 is 0 Å². The van der Waals surface area contributed by atoms with Crippen molar-refractivity contribution in [1.29, 1.82) is 0 Å². The number of benzene rings is 10. The van der Waals surface area contributed by atoms with Crippen molar-refractivity contribution < 1.29 is 0 Å². The van der Waals surface area contributed by atoms with Gasteiger partial charge in [0.1, 0.15) is 0 Å². The number of fused-ring (bicyclic) bond motifs is 3. The summed E-state index contributed by atoms with van der Waals surface area (Å²) in [6, 6.07) is 79.7. The molecule has 0 heterocycles. The molecule has 0 aliphatic rings. The summed E-state index contributed by atoms with van der Waals surface area (Å²) in [6.45, 7) is 0. The van der Waals surface area contributed by atoms with Crippen LogP contribution in [0.5, 0.6) is 0 Å². The molecule has 0 fully saturated rings. The van der Waals surface area contributed by atoms with Gasteiger partial charge in [-0.05, 0) is 111 Å². The molecule has 0 amide bonds. The van der Waals surface area contributed by atoms with Crippen molar-refractivity contribution in [1.82, 2.24) is 0 Å². The molecule has 0 aliphatic heterocycles. The van der Waals surface area contributed by atoms with Crippen LogP contribution in [0.15, 0.2) is 218 Å². The fraction of sp³-hybridized carbons (Fsp3) is 0. The van der Waals surface area contributed by atoms with Crippen LogP contribution in [0.2, 0.25) is 0 Å². The second-order valence-corrected chi connectivity index (χ2v) is 14.0. The van der Waals surface area contributed by atoms with Crippen LogP contribution >= 0.6 is 0 Å². The van der Waals surface area contributed by atoms with Crippen molar-refractivity contribution in [3.8, 4) is 66.8 Å². The smallest absolute Gasteiger partial charge is 0.00261 e. The van der Waals surface area contributed by atoms with Gasteiger partial charge in [-0.25, -0.2) is 0 Å². The van der Waals surface area contributed by atoms with E-state index in [9.17, 15) is 0 Å². The molecule has 10 aromatic rings. The molecule has 0 N–H and O–H groups in total.